The molecular weight excluding hydrogens is 716 g/mol. The third-order valence-corrected chi connectivity index (χ3v) is 9.71. The van der Waals surface area contributed by atoms with Gasteiger partial charge in [0, 0.05) is 81.8 Å². The van der Waals surface area contributed by atoms with Gasteiger partial charge in [0.25, 0.3) is 11.8 Å². The lowest BCUT2D eigenvalue weighted by Crippen LogP contribution is -2.46. The molecule has 17 heteroatoms. The molecule has 2 aromatic carbocycles. The third-order valence-electron chi connectivity index (χ3n) is 9.71. The molecule has 3 atom stereocenters. The van der Waals surface area contributed by atoms with E-state index >= 15 is 0 Å². The Morgan fingerprint density at radius 3 is 2.56 bits per heavy atom. The molecule has 0 unspecified atom stereocenters. The monoisotopic (exact) mass is 761 g/mol. The molecule has 0 saturated carbocycles. The summed E-state index contributed by atoms with van der Waals surface area (Å²) in [6.07, 6.45) is 1.81. The summed E-state index contributed by atoms with van der Waals surface area (Å²) in [5.41, 5.74) is 11.8. The molecule has 15 nitrogen and oxygen atoms in total. The number of hydrogen-bond donors (Lipinski definition) is 5. The minimum Gasteiger partial charge on any atom is -0.385 e. The molecule has 0 spiro atoms. The van der Waals surface area contributed by atoms with Gasteiger partial charge in [-0.2, -0.15) is 10.4 Å². The van der Waals surface area contributed by atoms with Gasteiger partial charge in [0.1, 0.15) is 17.8 Å². The van der Waals surface area contributed by atoms with Crippen LogP contribution in [0, 0.1) is 22.8 Å². The number of nitriles is 1. The number of hydrogen-bond acceptors (Lipinski definition) is 10. The topological polar surface area (TPSA) is 209 Å². The molecule has 55 heavy (non-hydrogen) atoms. The molecule has 5 N–H and O–H groups in total. The van der Waals surface area contributed by atoms with Crippen LogP contribution in [0.1, 0.15) is 71.6 Å². The fraction of sp³-hybridized carbons (Fsp3) is 0.474. The van der Waals surface area contributed by atoms with Crippen molar-refractivity contribution in [3.05, 3.63) is 76.5 Å². The molecule has 0 bridgehead atoms. The highest BCUT2D eigenvalue weighted by Crippen LogP contribution is 2.34. The van der Waals surface area contributed by atoms with E-state index in [-0.39, 0.29) is 50.1 Å². The zero-order chi connectivity index (χ0) is 39.5. The highest BCUT2D eigenvalue weighted by atomic mass is 19.3. The molecular formula is C38H45F2N9O6. The number of halogens is 2. The van der Waals surface area contributed by atoms with E-state index in [2.05, 4.69) is 26.4 Å². The van der Waals surface area contributed by atoms with Crippen molar-refractivity contribution < 1.29 is 37.5 Å². The number of ether oxygens (including phenoxy) is 1. The van der Waals surface area contributed by atoms with E-state index in [1.807, 2.05) is 25.1 Å². The molecule has 3 aliphatic rings. The fourth-order valence-corrected chi connectivity index (χ4v) is 6.83. The van der Waals surface area contributed by atoms with Crippen molar-refractivity contribution in [2.75, 3.05) is 32.8 Å². The van der Waals surface area contributed by atoms with Crippen LogP contribution in [0.15, 0.2) is 53.8 Å². The van der Waals surface area contributed by atoms with Gasteiger partial charge >= 0.3 is 0 Å². The number of carbonyl (C=O) groups excluding carboxylic acids is 5. The number of fused-ring (bicyclic) bond motifs is 1. The number of benzene rings is 2. The molecule has 2 saturated heterocycles. The van der Waals surface area contributed by atoms with Crippen LogP contribution >= 0.6 is 0 Å². The SMILES string of the molecule is CCCOCCC(=O)NCCNC(=O)c1ccc(/C(=C/NCc2cccc3c2CN(C(=O)C[C@@H]2C[C@@H](C(=O)N4CC(F)(F)C[C@H]4C#N)NC2=O)C3)N=N)cc1. The lowest BCUT2D eigenvalue weighted by molar-refractivity contribution is -0.135. The summed E-state index contributed by atoms with van der Waals surface area (Å²) in [5, 5.41) is 24.1. The van der Waals surface area contributed by atoms with E-state index in [1.165, 1.54) is 0 Å². The minimum absolute atomic E-state index is 0.0255. The maximum Gasteiger partial charge on any atom is 0.268 e. The number of alkyl halides is 2. The summed E-state index contributed by atoms with van der Waals surface area (Å²) in [6.45, 7) is 3.61. The maximum absolute atomic E-state index is 13.9. The summed E-state index contributed by atoms with van der Waals surface area (Å²) in [6, 6.07) is 11.7. The Morgan fingerprint density at radius 1 is 1.09 bits per heavy atom. The Hall–Kier alpha value is -5.76. The number of likely N-dealkylation sites (tertiary alicyclic amines) is 1. The van der Waals surface area contributed by atoms with E-state index in [0.717, 1.165) is 28.0 Å². The number of rotatable bonds is 17. The van der Waals surface area contributed by atoms with Gasteiger partial charge in [0.05, 0.1) is 19.2 Å². The van der Waals surface area contributed by atoms with E-state index in [1.54, 1.807) is 41.4 Å². The van der Waals surface area contributed by atoms with E-state index in [4.69, 9.17) is 10.3 Å². The van der Waals surface area contributed by atoms with Crippen LogP contribution in [0.4, 0.5) is 8.78 Å². The van der Waals surface area contributed by atoms with Gasteiger partial charge in [0.15, 0.2) is 0 Å². The first kappa shape index (κ1) is 40.4. The number of amides is 5. The molecule has 5 rings (SSSR count). The second-order valence-electron chi connectivity index (χ2n) is 13.7. The quantitative estimate of drug-likeness (QED) is 0.119. The summed E-state index contributed by atoms with van der Waals surface area (Å²) in [7, 11) is 0. The summed E-state index contributed by atoms with van der Waals surface area (Å²) in [5.74, 6) is -5.97. The average molecular weight is 762 g/mol. The molecule has 3 aliphatic heterocycles. The summed E-state index contributed by atoms with van der Waals surface area (Å²) in [4.78, 5) is 65.9. The smallest absolute Gasteiger partial charge is 0.268 e. The van der Waals surface area contributed by atoms with Crippen molar-refractivity contribution in [3.8, 4) is 6.07 Å². The normalized spacial score (nSPS) is 20.0. The molecule has 2 aromatic rings. The molecule has 5 amide bonds. The van der Waals surface area contributed by atoms with Crippen molar-refractivity contribution >= 4 is 35.2 Å². The first-order valence-corrected chi connectivity index (χ1v) is 18.2. The number of nitrogens with one attached hydrogen (secondary N) is 5. The zero-order valence-electron chi connectivity index (χ0n) is 30.5. The average Bonchev–Trinajstić information content (AvgIpc) is 3.87. The third kappa shape index (κ3) is 10.5. The van der Waals surface area contributed by atoms with E-state index in [0.29, 0.717) is 49.7 Å². The Labute approximate surface area is 317 Å². The van der Waals surface area contributed by atoms with Gasteiger partial charge in [-0.05, 0) is 41.7 Å². The van der Waals surface area contributed by atoms with Gasteiger partial charge in [-0.15, -0.1) is 0 Å². The second kappa shape index (κ2) is 18.5. The van der Waals surface area contributed by atoms with E-state index < -0.39 is 48.7 Å². The van der Waals surface area contributed by atoms with E-state index in [9.17, 15) is 38.0 Å². The van der Waals surface area contributed by atoms with Gasteiger partial charge in [-0.3, -0.25) is 24.0 Å². The minimum atomic E-state index is -3.18. The van der Waals surface area contributed by atoms with Crippen LogP contribution in [0.2, 0.25) is 0 Å². The Morgan fingerprint density at radius 2 is 1.84 bits per heavy atom. The van der Waals surface area contributed by atoms with Crippen LogP contribution in [0.3, 0.4) is 0 Å². The van der Waals surface area contributed by atoms with Crippen molar-refractivity contribution in [2.24, 2.45) is 11.0 Å². The number of nitrogens with zero attached hydrogens (tertiary/aromatic N) is 4. The predicted octanol–water partition coefficient (Wildman–Crippen LogP) is 2.97. The predicted molar refractivity (Wildman–Crippen MR) is 194 cm³/mol. The van der Waals surface area contributed by atoms with Crippen molar-refractivity contribution in [1.82, 2.24) is 31.1 Å². The first-order valence-electron chi connectivity index (χ1n) is 18.2. The molecule has 0 aromatic heterocycles. The number of carbonyl (C=O) groups is 5. The Bertz CT molecular complexity index is 1850. The summed E-state index contributed by atoms with van der Waals surface area (Å²) < 4.78 is 33.1. The van der Waals surface area contributed by atoms with Crippen molar-refractivity contribution in [2.45, 2.75) is 76.7 Å². The van der Waals surface area contributed by atoms with Gasteiger partial charge in [0.2, 0.25) is 23.6 Å². The summed E-state index contributed by atoms with van der Waals surface area (Å²) >= 11 is 0. The van der Waals surface area contributed by atoms with Crippen LogP contribution in [0.5, 0.6) is 0 Å². The van der Waals surface area contributed by atoms with Gasteiger partial charge in [-0.1, -0.05) is 37.3 Å². The Kier molecular flexibility index (Phi) is 13.6. The van der Waals surface area contributed by atoms with Crippen LogP contribution in [-0.4, -0.2) is 90.2 Å². The van der Waals surface area contributed by atoms with Crippen LogP contribution in [-0.2, 0) is 43.5 Å². The van der Waals surface area contributed by atoms with Gasteiger partial charge in [-0.25, -0.2) is 14.3 Å². The standard InChI is InChI=1S/C38H45F2N9O6/c1-2-13-55-14-10-33(50)44-11-12-45-35(52)25-8-6-24(7-9-25)32(47-42)20-43-19-26-4-3-5-27-21-48(22-30(26)27)34(51)16-28-15-31(46-36(28)53)37(54)49-23-38(39,40)17-29(49)18-41/h3-9,20,28-29,31,42-43H,2,10-17,19,21-23H2,1H3,(H,44,50)(H,45,52)(H,46,53)/b32-20-,47-42?/t28-,29-,31-/m0/s1. The molecule has 292 valence electrons. The molecule has 3 heterocycles. The largest absolute Gasteiger partial charge is 0.385 e. The Balaban J connectivity index is 1.08. The van der Waals surface area contributed by atoms with Crippen molar-refractivity contribution in [1.29, 1.82) is 10.8 Å². The lowest BCUT2D eigenvalue weighted by atomic mass is 9.99. The van der Waals surface area contributed by atoms with Crippen molar-refractivity contribution in [3.63, 3.8) is 0 Å². The zero-order valence-corrected chi connectivity index (χ0v) is 30.5. The van der Waals surface area contributed by atoms with Gasteiger partial charge < -0.3 is 35.8 Å². The maximum atomic E-state index is 13.9. The highest BCUT2D eigenvalue weighted by molar-refractivity contribution is 5.95. The molecule has 0 aliphatic carbocycles. The fourth-order valence-electron chi connectivity index (χ4n) is 6.83. The van der Waals surface area contributed by atoms with Crippen LogP contribution < -0.4 is 21.3 Å². The molecule has 2 fully saturated rings. The highest BCUT2D eigenvalue weighted by Gasteiger charge is 2.50. The lowest BCUT2D eigenvalue weighted by Gasteiger charge is -2.22. The first-order chi connectivity index (χ1) is 26.4. The second-order valence-corrected chi connectivity index (χ2v) is 13.7. The van der Waals surface area contributed by atoms with Crippen LogP contribution in [0.25, 0.3) is 5.70 Å². The molecule has 0 radical (unpaired) electrons.